The van der Waals surface area contributed by atoms with E-state index in [1.54, 1.807) is 6.92 Å². The quantitative estimate of drug-likeness (QED) is 0.302. The fourth-order valence-corrected chi connectivity index (χ4v) is 0.724. The van der Waals surface area contributed by atoms with Crippen molar-refractivity contribution in [3.8, 4) is 0 Å². The topological polar surface area (TPSA) is 85.2 Å². The van der Waals surface area contributed by atoms with Crippen LogP contribution < -0.4 is 0 Å². The summed E-state index contributed by atoms with van der Waals surface area (Å²) >= 11 is 0. The molecule has 0 rings (SSSR count). The molecule has 0 saturated heterocycles. The van der Waals surface area contributed by atoms with Gasteiger partial charge in [0, 0.05) is 13.5 Å². The van der Waals surface area contributed by atoms with E-state index in [1.807, 2.05) is 0 Å². The van der Waals surface area contributed by atoms with E-state index in [0.717, 1.165) is 0 Å². The summed E-state index contributed by atoms with van der Waals surface area (Å²) in [6, 6.07) is 0. The third-order valence-electron chi connectivity index (χ3n) is 1.38. The Morgan fingerprint density at radius 2 is 2.14 bits per heavy atom. The Hall–Kier alpha value is -1.43. The average Bonchev–Trinajstić information content (AvgIpc) is 2.16. The second-order valence-corrected chi connectivity index (χ2v) is 2.35. The summed E-state index contributed by atoms with van der Waals surface area (Å²) in [6.45, 7) is 1.91. The van der Waals surface area contributed by atoms with Crippen molar-refractivity contribution in [1.29, 1.82) is 0 Å². The summed E-state index contributed by atoms with van der Waals surface area (Å²) in [5.74, 6) is -1.34. The lowest BCUT2D eigenvalue weighted by atomic mass is 10.3. The first kappa shape index (κ1) is 12.6. The first-order valence-corrected chi connectivity index (χ1v) is 4.08. The minimum absolute atomic E-state index is 0.0520. The van der Waals surface area contributed by atoms with E-state index in [-0.39, 0.29) is 19.6 Å². The number of esters is 1. The maximum atomic E-state index is 11.0. The summed E-state index contributed by atoms with van der Waals surface area (Å²) in [5, 5.41) is 11.7. The fraction of sp³-hybridized carbons (Fsp3) is 0.625. The predicted octanol–water partition coefficient (Wildman–Crippen LogP) is 1.12. The molecule has 0 unspecified atom stereocenters. The molecule has 0 spiro atoms. The van der Waals surface area contributed by atoms with Gasteiger partial charge < -0.3 is 14.6 Å². The molecule has 0 radical (unpaired) electrons. The average molecular weight is 203 g/mol. The molecule has 0 bridgehead atoms. The zero-order valence-electron chi connectivity index (χ0n) is 8.15. The van der Waals surface area contributed by atoms with Crippen LogP contribution in [0.25, 0.3) is 0 Å². The molecular formula is C8H13NO5. The molecule has 0 aromatic rings. The van der Waals surface area contributed by atoms with Gasteiger partial charge in [0.2, 0.25) is 5.70 Å². The first-order chi connectivity index (χ1) is 6.67. The Bertz CT molecular complexity index is 236. The first-order valence-electron chi connectivity index (χ1n) is 4.08. The molecule has 6 heteroatoms. The van der Waals surface area contributed by atoms with Gasteiger partial charge >= 0.3 is 5.97 Å². The summed E-state index contributed by atoms with van der Waals surface area (Å²) in [7, 11) is 1.44. The summed E-state index contributed by atoms with van der Waals surface area (Å²) in [6.07, 6.45) is 0.0520. The Balaban J connectivity index is 4.48. The van der Waals surface area contributed by atoms with E-state index in [4.69, 9.17) is 0 Å². The molecule has 0 aliphatic carbocycles. The maximum absolute atomic E-state index is 11.0. The molecule has 0 atom stereocenters. The number of nitroso groups, excluding NO2 is 1. The van der Waals surface area contributed by atoms with Gasteiger partial charge in [-0.25, -0.2) is 4.79 Å². The van der Waals surface area contributed by atoms with Crippen molar-refractivity contribution >= 4 is 5.97 Å². The number of rotatable bonds is 6. The number of hydrogen-bond donors (Lipinski definition) is 1. The summed E-state index contributed by atoms with van der Waals surface area (Å²) < 4.78 is 9.16. The van der Waals surface area contributed by atoms with Crippen LogP contribution in [0.5, 0.6) is 0 Å². The largest absolute Gasteiger partial charge is 0.510 e. The van der Waals surface area contributed by atoms with Crippen LogP contribution in [-0.4, -0.2) is 31.4 Å². The molecule has 1 N–H and O–H groups in total. The molecule has 0 aromatic heterocycles. The molecular weight excluding hydrogens is 190 g/mol. The van der Waals surface area contributed by atoms with Crippen LogP contribution in [0.15, 0.2) is 16.6 Å². The van der Waals surface area contributed by atoms with Crippen LogP contribution in [0.2, 0.25) is 0 Å². The normalized spacial score (nSPS) is 11.9. The second kappa shape index (κ2) is 7.02. The summed E-state index contributed by atoms with van der Waals surface area (Å²) in [5.41, 5.74) is -0.594. The number of aliphatic hydroxyl groups is 1. The van der Waals surface area contributed by atoms with Gasteiger partial charge in [-0.05, 0) is 12.1 Å². The standard InChI is InChI=1S/C8H13NO5/c1-3-14-8(11)7(9-12)6(10)4-5-13-2/h10H,3-5H2,1-2H3. The molecule has 0 aliphatic rings. The Labute approximate surface area is 81.5 Å². The number of nitrogens with zero attached hydrogens (tertiary/aromatic N) is 1. The van der Waals surface area contributed by atoms with Gasteiger partial charge in [-0.2, -0.15) is 0 Å². The maximum Gasteiger partial charge on any atom is 0.364 e. The van der Waals surface area contributed by atoms with E-state index in [0.29, 0.717) is 0 Å². The molecule has 0 heterocycles. The van der Waals surface area contributed by atoms with Crippen LogP contribution >= 0.6 is 0 Å². The van der Waals surface area contributed by atoms with Crippen molar-refractivity contribution < 1.29 is 19.4 Å². The number of aliphatic hydroxyl groups excluding tert-OH is 1. The van der Waals surface area contributed by atoms with Gasteiger partial charge in [-0.15, -0.1) is 4.91 Å². The highest BCUT2D eigenvalue weighted by molar-refractivity contribution is 5.88. The summed E-state index contributed by atoms with van der Waals surface area (Å²) in [4.78, 5) is 21.2. The lowest BCUT2D eigenvalue weighted by Crippen LogP contribution is -2.09. The van der Waals surface area contributed by atoms with Crippen LogP contribution in [0.4, 0.5) is 0 Å². The van der Waals surface area contributed by atoms with Crippen molar-refractivity contribution in [3.63, 3.8) is 0 Å². The van der Waals surface area contributed by atoms with Crippen LogP contribution in [0.1, 0.15) is 13.3 Å². The molecule has 14 heavy (non-hydrogen) atoms. The lowest BCUT2D eigenvalue weighted by Gasteiger charge is -2.02. The zero-order chi connectivity index (χ0) is 11.0. The van der Waals surface area contributed by atoms with Crippen LogP contribution in [0.3, 0.4) is 0 Å². The Morgan fingerprint density at radius 1 is 1.50 bits per heavy atom. The van der Waals surface area contributed by atoms with Crippen LogP contribution in [0, 0.1) is 4.91 Å². The molecule has 6 nitrogen and oxygen atoms in total. The van der Waals surface area contributed by atoms with Gasteiger partial charge in [0.25, 0.3) is 0 Å². The van der Waals surface area contributed by atoms with Gasteiger partial charge in [-0.3, -0.25) is 0 Å². The van der Waals surface area contributed by atoms with E-state index in [1.165, 1.54) is 7.11 Å². The molecule has 0 aromatic carbocycles. The zero-order valence-corrected chi connectivity index (χ0v) is 8.15. The molecule has 0 aliphatic heterocycles. The second-order valence-electron chi connectivity index (χ2n) is 2.35. The van der Waals surface area contributed by atoms with Crippen molar-refractivity contribution in [2.75, 3.05) is 20.3 Å². The van der Waals surface area contributed by atoms with Crippen molar-refractivity contribution in [1.82, 2.24) is 0 Å². The number of carbonyl (C=O) groups excluding carboxylic acids is 1. The van der Waals surface area contributed by atoms with Gasteiger partial charge in [-0.1, -0.05) is 0 Å². The van der Waals surface area contributed by atoms with Gasteiger partial charge in [0.1, 0.15) is 5.76 Å². The van der Waals surface area contributed by atoms with Crippen LogP contribution in [-0.2, 0) is 14.3 Å². The van der Waals surface area contributed by atoms with Gasteiger partial charge in [0.05, 0.1) is 13.2 Å². The minimum Gasteiger partial charge on any atom is -0.510 e. The van der Waals surface area contributed by atoms with E-state index in [9.17, 15) is 14.8 Å². The van der Waals surface area contributed by atoms with Gasteiger partial charge in [0.15, 0.2) is 0 Å². The highest BCUT2D eigenvalue weighted by Gasteiger charge is 2.17. The molecule has 0 saturated carbocycles. The molecule has 0 fully saturated rings. The number of methoxy groups -OCH3 is 1. The molecule has 0 amide bonds. The van der Waals surface area contributed by atoms with Crippen molar-refractivity contribution in [3.05, 3.63) is 16.4 Å². The highest BCUT2D eigenvalue weighted by atomic mass is 16.5. The lowest BCUT2D eigenvalue weighted by molar-refractivity contribution is -0.138. The Morgan fingerprint density at radius 3 is 2.57 bits per heavy atom. The Kier molecular flexibility index (Phi) is 6.30. The van der Waals surface area contributed by atoms with E-state index in [2.05, 4.69) is 14.7 Å². The smallest absolute Gasteiger partial charge is 0.364 e. The highest BCUT2D eigenvalue weighted by Crippen LogP contribution is 2.09. The van der Waals surface area contributed by atoms with Crippen molar-refractivity contribution in [2.24, 2.45) is 5.18 Å². The third-order valence-corrected chi connectivity index (χ3v) is 1.38. The van der Waals surface area contributed by atoms with E-state index < -0.39 is 17.4 Å². The van der Waals surface area contributed by atoms with E-state index >= 15 is 0 Å². The fourth-order valence-electron chi connectivity index (χ4n) is 0.724. The predicted molar refractivity (Wildman–Crippen MR) is 48.6 cm³/mol. The monoisotopic (exact) mass is 203 g/mol. The number of ether oxygens (including phenoxy) is 2. The third kappa shape index (κ3) is 3.99. The SMILES string of the molecule is CCOC(=O)C(N=O)=C(O)CCOC. The number of carbonyl (C=O) groups is 1. The molecule has 80 valence electrons. The number of hydrogen-bond acceptors (Lipinski definition) is 6. The van der Waals surface area contributed by atoms with Crippen molar-refractivity contribution in [2.45, 2.75) is 13.3 Å². The minimum atomic E-state index is -0.920.